The van der Waals surface area contributed by atoms with Gasteiger partial charge in [-0.15, -0.1) is 4.72 Å². The van der Waals surface area contributed by atoms with E-state index in [4.69, 9.17) is 5.11 Å². The fraction of sp³-hybridized carbons (Fsp3) is 0.438. The number of aliphatic carboxylic acids is 1. The number of hydrogen-bond acceptors (Lipinski definition) is 3. The normalized spacial score (nSPS) is 17.7. The third kappa shape index (κ3) is 4.96. The Kier molecular flexibility index (Phi) is 6.66. The molecule has 0 aromatic heterocycles. The van der Waals surface area contributed by atoms with Crippen LogP contribution in [0.4, 0.5) is 17.6 Å². The largest absolute Gasteiger partial charge is 0.598 e. The monoisotopic (exact) mass is 381 g/mol. The molecule has 1 aromatic carbocycles. The Hall–Kier alpha value is -1.58. The molecule has 0 saturated heterocycles. The molecule has 3 atom stereocenters. The van der Waals surface area contributed by atoms with Gasteiger partial charge in [-0.3, -0.25) is 0 Å². The molecule has 0 aliphatic carbocycles. The topological polar surface area (TPSA) is 72.4 Å². The second-order valence-electron chi connectivity index (χ2n) is 6.51. The van der Waals surface area contributed by atoms with Crippen molar-refractivity contribution in [3.8, 4) is 0 Å². The summed E-state index contributed by atoms with van der Waals surface area (Å²) in [5, 5.41) is 8.55. The van der Waals surface area contributed by atoms with Crippen LogP contribution in [0.2, 0.25) is 0 Å². The number of carbonyl (C=O) groups is 1. The van der Waals surface area contributed by atoms with Gasteiger partial charge >= 0.3 is 5.97 Å². The maximum absolute atomic E-state index is 14.7. The van der Waals surface area contributed by atoms with Crippen molar-refractivity contribution in [3.63, 3.8) is 0 Å². The molecule has 0 aliphatic heterocycles. The van der Waals surface area contributed by atoms with Crippen molar-refractivity contribution >= 4 is 17.3 Å². The molecule has 0 heterocycles. The van der Waals surface area contributed by atoms with Crippen LogP contribution in [0.5, 0.6) is 0 Å². The van der Waals surface area contributed by atoms with Gasteiger partial charge in [0.25, 0.3) is 0 Å². The first-order chi connectivity index (χ1) is 11.3. The summed E-state index contributed by atoms with van der Waals surface area (Å²) in [6.45, 7) is 5.71. The van der Waals surface area contributed by atoms with E-state index in [9.17, 15) is 26.9 Å². The minimum Gasteiger partial charge on any atom is -0.598 e. The van der Waals surface area contributed by atoms with Crippen molar-refractivity contribution < 1.29 is 32.0 Å². The Morgan fingerprint density at radius 1 is 1.32 bits per heavy atom. The van der Waals surface area contributed by atoms with Gasteiger partial charge in [-0.05, 0) is 39.8 Å². The Morgan fingerprint density at radius 2 is 1.88 bits per heavy atom. The molecule has 0 fully saturated rings. The quantitative estimate of drug-likeness (QED) is 0.449. The van der Waals surface area contributed by atoms with Crippen LogP contribution in [0.3, 0.4) is 0 Å². The number of carboxylic acid groups (broad SMARTS) is 1. The number of rotatable bonds is 6. The zero-order chi connectivity index (χ0) is 19.6. The van der Waals surface area contributed by atoms with Gasteiger partial charge in [0.15, 0.2) is 11.6 Å². The van der Waals surface area contributed by atoms with Gasteiger partial charge in [0.05, 0.1) is 0 Å². The summed E-state index contributed by atoms with van der Waals surface area (Å²) in [4.78, 5) is 10.6. The van der Waals surface area contributed by atoms with Gasteiger partial charge in [0.2, 0.25) is 5.83 Å². The van der Waals surface area contributed by atoms with Gasteiger partial charge in [0.1, 0.15) is 16.5 Å². The summed E-state index contributed by atoms with van der Waals surface area (Å²) < 4.78 is 69.6. The maximum atomic E-state index is 14.7. The molecular formula is C16H19F4NO3S. The molecule has 2 unspecified atom stereocenters. The Labute approximate surface area is 146 Å². The molecule has 1 rings (SSSR count). The van der Waals surface area contributed by atoms with Crippen LogP contribution in [0.25, 0.3) is 0 Å². The SMILES string of the molecule is CC(N[S@+]([O-])C(C)(C)C)(c1cccc(F)c1F)C(F)C=C(F)C(=O)O. The highest BCUT2D eigenvalue weighted by Gasteiger charge is 2.45. The summed E-state index contributed by atoms with van der Waals surface area (Å²) in [6.07, 6.45) is -2.34. The van der Waals surface area contributed by atoms with Crippen molar-refractivity contribution in [3.05, 3.63) is 47.3 Å². The molecule has 2 N–H and O–H groups in total. The predicted molar refractivity (Wildman–Crippen MR) is 86.5 cm³/mol. The van der Waals surface area contributed by atoms with Crippen LogP contribution in [0.1, 0.15) is 33.3 Å². The number of halogens is 4. The first kappa shape index (κ1) is 21.5. The Balaban J connectivity index is 3.48. The molecule has 1 aromatic rings. The van der Waals surface area contributed by atoms with Gasteiger partial charge in [-0.1, -0.05) is 12.1 Å². The van der Waals surface area contributed by atoms with Crippen molar-refractivity contribution in [2.75, 3.05) is 0 Å². The van der Waals surface area contributed by atoms with Crippen molar-refractivity contribution in [1.82, 2.24) is 4.72 Å². The number of carboxylic acids is 1. The zero-order valence-electron chi connectivity index (χ0n) is 14.1. The van der Waals surface area contributed by atoms with Crippen molar-refractivity contribution in [1.29, 1.82) is 0 Å². The lowest BCUT2D eigenvalue weighted by atomic mass is 9.87. The average Bonchev–Trinajstić information content (AvgIpc) is 2.48. The highest BCUT2D eigenvalue weighted by atomic mass is 32.2. The van der Waals surface area contributed by atoms with Crippen LogP contribution >= 0.6 is 0 Å². The number of nitrogens with one attached hydrogen (secondary N) is 1. The zero-order valence-corrected chi connectivity index (χ0v) is 14.9. The fourth-order valence-electron chi connectivity index (χ4n) is 1.88. The third-order valence-corrected chi connectivity index (χ3v) is 5.14. The molecule has 0 radical (unpaired) electrons. The highest BCUT2D eigenvalue weighted by molar-refractivity contribution is 7.90. The van der Waals surface area contributed by atoms with Crippen molar-refractivity contribution in [2.24, 2.45) is 0 Å². The van der Waals surface area contributed by atoms with Crippen LogP contribution in [0, 0.1) is 11.6 Å². The van der Waals surface area contributed by atoms with E-state index < -0.39 is 56.8 Å². The van der Waals surface area contributed by atoms with Gasteiger partial charge < -0.3 is 9.66 Å². The summed E-state index contributed by atoms with van der Waals surface area (Å²) in [7, 11) is 0. The van der Waals surface area contributed by atoms with Crippen LogP contribution in [0.15, 0.2) is 30.1 Å². The van der Waals surface area contributed by atoms with Gasteiger partial charge in [-0.2, -0.15) is 4.39 Å². The maximum Gasteiger partial charge on any atom is 0.364 e. The smallest absolute Gasteiger partial charge is 0.364 e. The first-order valence-electron chi connectivity index (χ1n) is 7.19. The summed E-state index contributed by atoms with van der Waals surface area (Å²) in [6, 6.07) is 2.96. The second kappa shape index (κ2) is 7.76. The summed E-state index contributed by atoms with van der Waals surface area (Å²) >= 11 is -1.95. The highest BCUT2D eigenvalue weighted by Crippen LogP contribution is 2.34. The molecular weight excluding hydrogens is 362 g/mol. The number of alkyl halides is 1. The molecule has 25 heavy (non-hydrogen) atoms. The number of hydrogen-bond donors (Lipinski definition) is 2. The van der Waals surface area contributed by atoms with E-state index >= 15 is 0 Å². The van der Waals surface area contributed by atoms with E-state index in [1.54, 1.807) is 20.8 Å². The lowest BCUT2D eigenvalue weighted by Gasteiger charge is -2.36. The van der Waals surface area contributed by atoms with E-state index in [1.165, 1.54) is 0 Å². The minimum atomic E-state index is -2.45. The molecule has 4 nitrogen and oxygen atoms in total. The van der Waals surface area contributed by atoms with Crippen molar-refractivity contribution in [2.45, 2.75) is 44.2 Å². The predicted octanol–water partition coefficient (Wildman–Crippen LogP) is 3.51. The van der Waals surface area contributed by atoms with E-state index in [0.29, 0.717) is 0 Å². The number of benzene rings is 1. The molecule has 0 bridgehead atoms. The third-order valence-electron chi connectivity index (χ3n) is 3.42. The molecule has 0 aliphatic rings. The van der Waals surface area contributed by atoms with E-state index in [-0.39, 0.29) is 6.08 Å². The van der Waals surface area contributed by atoms with Crippen LogP contribution in [-0.4, -0.2) is 26.5 Å². The lowest BCUT2D eigenvalue weighted by Crippen LogP contribution is -2.54. The van der Waals surface area contributed by atoms with Crippen LogP contribution in [-0.2, 0) is 21.7 Å². The summed E-state index contributed by atoms with van der Waals surface area (Å²) in [5.74, 6) is -6.50. The Morgan fingerprint density at radius 3 is 2.36 bits per heavy atom. The molecule has 140 valence electrons. The molecule has 0 amide bonds. The minimum absolute atomic E-state index is 0.111. The average molecular weight is 381 g/mol. The first-order valence-corrected chi connectivity index (χ1v) is 8.34. The summed E-state index contributed by atoms with van der Waals surface area (Å²) in [5.41, 5.74) is -2.73. The molecule has 0 saturated carbocycles. The second-order valence-corrected chi connectivity index (χ2v) is 8.47. The van der Waals surface area contributed by atoms with Crippen LogP contribution < -0.4 is 4.72 Å². The van der Waals surface area contributed by atoms with E-state index in [0.717, 1.165) is 25.1 Å². The Bertz CT molecular complexity index is 678. The van der Waals surface area contributed by atoms with Gasteiger partial charge in [-0.25, -0.2) is 18.0 Å². The fourth-order valence-corrected chi connectivity index (χ4v) is 2.79. The van der Waals surface area contributed by atoms with E-state index in [1.807, 2.05) is 0 Å². The lowest BCUT2D eigenvalue weighted by molar-refractivity contribution is -0.134. The molecule has 0 spiro atoms. The van der Waals surface area contributed by atoms with E-state index in [2.05, 4.69) is 4.72 Å². The molecule has 9 heteroatoms. The van der Waals surface area contributed by atoms with Gasteiger partial charge in [0, 0.05) is 16.9 Å². The standard InChI is InChI=1S/C16H19F4NO3S/c1-15(2,3)25(24)21-16(4,12(19)8-11(18)14(22)23)9-6-5-7-10(17)13(9)20/h5-8,12,21H,1-4H3,(H,22,23)/t12?,16?,25-/m1/s1.